The van der Waals surface area contributed by atoms with Crippen LogP contribution >= 0.6 is 0 Å². The standard InChI is InChI=1S/C19H24BFN2O3/c1-12(13-7-6-8-15(21)9-13)24-16-10-14(11-23-17(16)22)20-25-18(2,3)19(4,5)26-20/h6-12H,1-5H3,(H2,22,23)/t12-/m1/s1. The number of halogens is 1. The molecule has 7 heteroatoms. The van der Waals surface area contributed by atoms with Crippen LogP contribution in [0.5, 0.6) is 5.75 Å². The molecule has 1 aromatic carbocycles. The van der Waals surface area contributed by atoms with Crippen LogP contribution in [-0.2, 0) is 9.31 Å². The number of benzene rings is 1. The molecule has 2 aromatic rings. The zero-order chi connectivity index (χ0) is 19.1. The Morgan fingerprint density at radius 3 is 2.42 bits per heavy atom. The molecule has 0 amide bonds. The number of nitrogen functional groups attached to an aromatic ring is 1. The Morgan fingerprint density at radius 1 is 1.15 bits per heavy atom. The van der Waals surface area contributed by atoms with E-state index >= 15 is 0 Å². The third-order valence-corrected chi connectivity index (χ3v) is 5.05. The van der Waals surface area contributed by atoms with Crippen molar-refractivity contribution in [3.8, 4) is 5.75 Å². The van der Waals surface area contributed by atoms with Crippen molar-refractivity contribution in [2.75, 3.05) is 5.73 Å². The monoisotopic (exact) mass is 358 g/mol. The Bertz CT molecular complexity index is 797. The predicted molar refractivity (Wildman–Crippen MR) is 99.8 cm³/mol. The first-order chi connectivity index (χ1) is 12.1. The Kier molecular flexibility index (Phi) is 4.71. The summed E-state index contributed by atoms with van der Waals surface area (Å²) < 4.78 is 31.4. The maximum absolute atomic E-state index is 13.4. The summed E-state index contributed by atoms with van der Waals surface area (Å²) >= 11 is 0. The fourth-order valence-corrected chi connectivity index (χ4v) is 2.69. The zero-order valence-electron chi connectivity index (χ0n) is 15.7. The van der Waals surface area contributed by atoms with E-state index in [9.17, 15) is 4.39 Å². The minimum Gasteiger partial charge on any atom is -0.482 e. The molecule has 0 unspecified atom stereocenters. The van der Waals surface area contributed by atoms with Crippen molar-refractivity contribution in [1.29, 1.82) is 0 Å². The highest BCUT2D eigenvalue weighted by Crippen LogP contribution is 2.37. The van der Waals surface area contributed by atoms with E-state index in [1.54, 1.807) is 24.4 Å². The molecule has 1 aromatic heterocycles. The fraction of sp³-hybridized carbons (Fsp3) is 0.421. The van der Waals surface area contributed by atoms with Gasteiger partial charge in [-0.25, -0.2) is 9.37 Å². The summed E-state index contributed by atoms with van der Waals surface area (Å²) in [5.74, 6) is 0.359. The topological polar surface area (TPSA) is 66.6 Å². The lowest BCUT2D eigenvalue weighted by Gasteiger charge is -2.32. The smallest absolute Gasteiger partial charge is 0.482 e. The molecule has 1 atom stereocenters. The third kappa shape index (κ3) is 3.55. The molecule has 5 nitrogen and oxygen atoms in total. The second-order valence-electron chi connectivity index (χ2n) is 7.56. The second-order valence-corrected chi connectivity index (χ2v) is 7.56. The van der Waals surface area contributed by atoms with Gasteiger partial charge in [-0.05, 0) is 58.4 Å². The molecule has 3 rings (SSSR count). The van der Waals surface area contributed by atoms with Crippen LogP contribution in [0.1, 0.15) is 46.3 Å². The lowest BCUT2D eigenvalue weighted by molar-refractivity contribution is 0.00578. The van der Waals surface area contributed by atoms with Gasteiger partial charge >= 0.3 is 7.12 Å². The average molecular weight is 358 g/mol. The summed E-state index contributed by atoms with van der Waals surface area (Å²) in [7, 11) is -0.556. The van der Waals surface area contributed by atoms with E-state index in [4.69, 9.17) is 19.8 Å². The van der Waals surface area contributed by atoms with Crippen LogP contribution in [-0.4, -0.2) is 23.3 Å². The van der Waals surface area contributed by atoms with E-state index in [0.717, 1.165) is 5.46 Å². The van der Waals surface area contributed by atoms with Crippen LogP contribution in [0, 0.1) is 5.82 Å². The van der Waals surface area contributed by atoms with E-state index in [0.29, 0.717) is 11.3 Å². The normalized spacial score (nSPS) is 19.4. The zero-order valence-corrected chi connectivity index (χ0v) is 15.7. The van der Waals surface area contributed by atoms with Gasteiger partial charge in [0, 0.05) is 11.7 Å². The van der Waals surface area contributed by atoms with Gasteiger partial charge in [-0.2, -0.15) is 0 Å². The van der Waals surface area contributed by atoms with Gasteiger partial charge in [0.1, 0.15) is 11.9 Å². The number of nitrogens with two attached hydrogens (primary N) is 1. The molecule has 0 bridgehead atoms. The summed E-state index contributed by atoms with van der Waals surface area (Å²) in [6, 6.07) is 8.04. The number of anilines is 1. The van der Waals surface area contributed by atoms with Crippen molar-refractivity contribution in [1.82, 2.24) is 4.98 Å². The van der Waals surface area contributed by atoms with Crippen LogP contribution in [0.4, 0.5) is 10.2 Å². The SMILES string of the molecule is C[C@@H](Oc1cc(B2OC(C)(C)C(C)(C)O2)cnc1N)c1cccc(F)c1. The number of aromatic nitrogens is 1. The molecule has 26 heavy (non-hydrogen) atoms. The molecule has 0 saturated carbocycles. The lowest BCUT2D eigenvalue weighted by Crippen LogP contribution is -2.41. The van der Waals surface area contributed by atoms with Crippen molar-refractivity contribution < 1.29 is 18.4 Å². The molecular formula is C19H24BFN2O3. The minimum absolute atomic E-state index is 0.258. The molecule has 0 aliphatic carbocycles. The molecule has 1 aliphatic heterocycles. The largest absolute Gasteiger partial charge is 0.496 e. The van der Waals surface area contributed by atoms with E-state index in [2.05, 4.69) is 4.98 Å². The molecule has 2 heterocycles. The minimum atomic E-state index is -0.556. The quantitative estimate of drug-likeness (QED) is 0.850. The molecule has 2 N–H and O–H groups in total. The summed E-state index contributed by atoms with van der Waals surface area (Å²) in [6.45, 7) is 9.78. The van der Waals surface area contributed by atoms with Gasteiger partial charge in [0.25, 0.3) is 0 Å². The Morgan fingerprint density at radius 2 is 1.81 bits per heavy atom. The Hall–Kier alpha value is -2.12. The van der Waals surface area contributed by atoms with Gasteiger partial charge < -0.3 is 19.8 Å². The van der Waals surface area contributed by atoms with Gasteiger partial charge in [-0.1, -0.05) is 12.1 Å². The summed E-state index contributed by atoms with van der Waals surface area (Å²) in [6.07, 6.45) is 1.24. The first kappa shape index (κ1) is 18.7. The maximum Gasteiger partial charge on any atom is 0.496 e. The average Bonchev–Trinajstić information content (AvgIpc) is 2.77. The summed E-state index contributed by atoms with van der Waals surface area (Å²) in [5.41, 5.74) is 6.50. The van der Waals surface area contributed by atoms with Crippen molar-refractivity contribution in [3.63, 3.8) is 0 Å². The lowest BCUT2D eigenvalue weighted by atomic mass is 9.80. The third-order valence-electron chi connectivity index (χ3n) is 5.05. The van der Waals surface area contributed by atoms with Crippen LogP contribution in [0.15, 0.2) is 36.5 Å². The van der Waals surface area contributed by atoms with Gasteiger partial charge in [0.2, 0.25) is 0 Å². The maximum atomic E-state index is 13.4. The molecule has 1 fully saturated rings. The van der Waals surface area contributed by atoms with Gasteiger partial charge in [-0.15, -0.1) is 0 Å². The van der Waals surface area contributed by atoms with Gasteiger partial charge in [0.15, 0.2) is 11.6 Å². The number of hydrogen-bond acceptors (Lipinski definition) is 5. The highest BCUT2D eigenvalue weighted by Gasteiger charge is 2.52. The number of nitrogens with zero attached hydrogens (tertiary/aromatic N) is 1. The van der Waals surface area contributed by atoms with Crippen molar-refractivity contribution in [2.24, 2.45) is 0 Å². The van der Waals surface area contributed by atoms with Crippen molar-refractivity contribution in [3.05, 3.63) is 47.9 Å². The van der Waals surface area contributed by atoms with Crippen LogP contribution in [0.25, 0.3) is 0 Å². The summed E-state index contributed by atoms with van der Waals surface area (Å²) in [5, 5.41) is 0. The number of rotatable bonds is 4. The number of hydrogen-bond donors (Lipinski definition) is 1. The van der Waals surface area contributed by atoms with Crippen molar-refractivity contribution >= 4 is 18.4 Å². The Labute approximate surface area is 153 Å². The predicted octanol–water partition coefficient (Wildman–Crippen LogP) is 3.24. The van der Waals surface area contributed by atoms with Gasteiger partial charge in [-0.3, -0.25) is 0 Å². The van der Waals surface area contributed by atoms with Crippen LogP contribution in [0.3, 0.4) is 0 Å². The molecule has 0 radical (unpaired) electrons. The van der Waals surface area contributed by atoms with E-state index in [-0.39, 0.29) is 17.7 Å². The van der Waals surface area contributed by atoms with Crippen molar-refractivity contribution in [2.45, 2.75) is 51.9 Å². The fourth-order valence-electron chi connectivity index (χ4n) is 2.69. The number of pyridine rings is 1. The van der Waals surface area contributed by atoms with E-state index in [1.807, 2.05) is 34.6 Å². The first-order valence-corrected chi connectivity index (χ1v) is 8.62. The molecule has 0 spiro atoms. The molecule has 138 valence electrons. The number of ether oxygens (including phenoxy) is 1. The van der Waals surface area contributed by atoms with Crippen LogP contribution in [0.2, 0.25) is 0 Å². The van der Waals surface area contributed by atoms with E-state index < -0.39 is 18.3 Å². The highest BCUT2D eigenvalue weighted by molar-refractivity contribution is 6.62. The second kappa shape index (κ2) is 6.56. The van der Waals surface area contributed by atoms with E-state index in [1.165, 1.54) is 12.1 Å². The highest BCUT2D eigenvalue weighted by atomic mass is 19.1. The molecular weight excluding hydrogens is 334 g/mol. The molecule has 1 saturated heterocycles. The first-order valence-electron chi connectivity index (χ1n) is 8.62. The van der Waals surface area contributed by atoms with Crippen LogP contribution < -0.4 is 15.9 Å². The Balaban J connectivity index is 1.83. The molecule has 1 aliphatic rings. The van der Waals surface area contributed by atoms with Gasteiger partial charge in [0.05, 0.1) is 11.2 Å². The summed E-state index contributed by atoms with van der Waals surface area (Å²) in [4.78, 5) is 4.20.